The molecule has 1 rings (SSSR count). The van der Waals surface area contributed by atoms with Gasteiger partial charge in [0.25, 0.3) is 0 Å². The lowest BCUT2D eigenvalue weighted by Crippen LogP contribution is -2.15. The van der Waals surface area contributed by atoms with E-state index in [1.807, 2.05) is 30.3 Å². The third kappa shape index (κ3) is 5.70. The van der Waals surface area contributed by atoms with Crippen molar-refractivity contribution < 1.29 is 19.0 Å². The number of ether oxygens (including phenoxy) is 3. The number of carbonyl (C=O) groups excluding carboxylic acids is 1. The van der Waals surface area contributed by atoms with Crippen LogP contribution in [0.1, 0.15) is 24.4 Å². The number of benzene rings is 1. The third-order valence-corrected chi connectivity index (χ3v) is 2.58. The summed E-state index contributed by atoms with van der Waals surface area (Å²) in [5.74, 6) is 0. The smallest absolute Gasteiger partial charge is 0.432 e. The second-order valence-corrected chi connectivity index (χ2v) is 4.40. The van der Waals surface area contributed by atoms with E-state index in [9.17, 15) is 4.79 Å². The van der Waals surface area contributed by atoms with E-state index < -0.39 is 6.16 Å². The average molecular weight is 303 g/mol. The van der Waals surface area contributed by atoms with E-state index in [2.05, 4.69) is 15.9 Å². The molecule has 94 valence electrons. The van der Waals surface area contributed by atoms with Crippen LogP contribution < -0.4 is 0 Å². The van der Waals surface area contributed by atoms with Crippen LogP contribution in [0.25, 0.3) is 0 Å². The number of hydrogen-bond donors (Lipinski definition) is 0. The van der Waals surface area contributed by atoms with E-state index in [4.69, 9.17) is 14.2 Å². The summed E-state index contributed by atoms with van der Waals surface area (Å²) in [6.07, 6.45) is -0.927. The van der Waals surface area contributed by atoms with Crippen molar-refractivity contribution in [3.63, 3.8) is 0 Å². The minimum Gasteiger partial charge on any atom is -0.432 e. The van der Waals surface area contributed by atoms with Crippen LogP contribution in [0, 0.1) is 0 Å². The fourth-order valence-corrected chi connectivity index (χ4v) is 1.48. The summed E-state index contributed by atoms with van der Waals surface area (Å²) in [4.78, 5) is 11.0. The van der Waals surface area contributed by atoms with Gasteiger partial charge in [0.2, 0.25) is 0 Å². The van der Waals surface area contributed by atoms with E-state index in [0.717, 1.165) is 5.56 Å². The zero-order chi connectivity index (χ0) is 12.7. The van der Waals surface area contributed by atoms with Gasteiger partial charge < -0.3 is 14.2 Å². The largest absolute Gasteiger partial charge is 0.510 e. The summed E-state index contributed by atoms with van der Waals surface area (Å²) in [7, 11) is 0. The molecule has 0 bridgehead atoms. The highest BCUT2D eigenvalue weighted by molar-refractivity contribution is 9.09. The summed E-state index contributed by atoms with van der Waals surface area (Å²) in [5, 5.41) is -0.310. The molecule has 0 radical (unpaired) electrons. The Morgan fingerprint density at radius 2 is 1.94 bits per heavy atom. The molecule has 0 saturated carbocycles. The van der Waals surface area contributed by atoms with Crippen molar-refractivity contribution >= 4 is 22.1 Å². The minimum atomic E-state index is -0.729. The molecule has 0 aromatic heterocycles. The Morgan fingerprint density at radius 3 is 2.53 bits per heavy atom. The molecule has 0 spiro atoms. The van der Waals surface area contributed by atoms with Crippen molar-refractivity contribution in [3.05, 3.63) is 35.9 Å². The van der Waals surface area contributed by atoms with E-state index in [0.29, 0.717) is 0 Å². The Bertz CT molecular complexity index is 340. The van der Waals surface area contributed by atoms with Crippen LogP contribution in [-0.4, -0.2) is 19.1 Å². The van der Waals surface area contributed by atoms with Gasteiger partial charge in [-0.05, 0) is 19.4 Å². The topological polar surface area (TPSA) is 44.8 Å². The molecule has 0 aliphatic rings. The first-order valence-electron chi connectivity index (χ1n) is 5.23. The van der Waals surface area contributed by atoms with Crippen LogP contribution >= 0.6 is 15.9 Å². The van der Waals surface area contributed by atoms with Crippen LogP contribution in [0.4, 0.5) is 4.79 Å². The second kappa shape index (κ2) is 7.29. The Hall–Kier alpha value is -1.07. The van der Waals surface area contributed by atoms with E-state index in [1.54, 1.807) is 13.8 Å². The van der Waals surface area contributed by atoms with Crippen molar-refractivity contribution in [3.8, 4) is 0 Å². The lowest BCUT2D eigenvalue weighted by Gasteiger charge is -2.12. The lowest BCUT2D eigenvalue weighted by molar-refractivity contribution is -0.0585. The molecule has 0 amide bonds. The van der Waals surface area contributed by atoms with Crippen LogP contribution in [0.15, 0.2) is 30.3 Å². The summed E-state index contributed by atoms with van der Waals surface area (Å²) in [6, 6.07) is 9.54. The summed E-state index contributed by atoms with van der Waals surface area (Å²) in [6.45, 7) is 3.34. The van der Waals surface area contributed by atoms with E-state index in [1.165, 1.54) is 0 Å². The number of rotatable bonds is 5. The van der Waals surface area contributed by atoms with Crippen LogP contribution in [0.3, 0.4) is 0 Å². The Balaban J connectivity index is 2.25. The summed E-state index contributed by atoms with van der Waals surface area (Å²) >= 11 is 3.33. The van der Waals surface area contributed by atoms with Gasteiger partial charge >= 0.3 is 6.16 Å². The van der Waals surface area contributed by atoms with E-state index >= 15 is 0 Å². The molecule has 1 unspecified atom stereocenters. The molecule has 0 aliphatic carbocycles. The van der Waals surface area contributed by atoms with Gasteiger partial charge in [-0.15, -0.1) is 0 Å². The Morgan fingerprint density at radius 1 is 1.29 bits per heavy atom. The quantitative estimate of drug-likeness (QED) is 0.473. The summed E-state index contributed by atoms with van der Waals surface area (Å²) < 4.78 is 14.8. The number of hydrogen-bond acceptors (Lipinski definition) is 4. The van der Waals surface area contributed by atoms with Gasteiger partial charge in [0.05, 0.1) is 6.10 Å². The molecule has 0 aliphatic heterocycles. The minimum absolute atomic E-state index is 0.156. The molecule has 17 heavy (non-hydrogen) atoms. The van der Waals surface area contributed by atoms with Gasteiger partial charge in [-0.25, -0.2) is 4.79 Å². The van der Waals surface area contributed by atoms with Gasteiger partial charge in [-0.1, -0.05) is 46.3 Å². The average Bonchev–Trinajstić information content (AvgIpc) is 2.29. The molecular formula is C12H15BrO4. The van der Waals surface area contributed by atoms with Crippen LogP contribution in [0.5, 0.6) is 0 Å². The molecule has 0 N–H and O–H groups in total. The van der Waals surface area contributed by atoms with Crippen molar-refractivity contribution in [2.75, 3.05) is 6.79 Å². The predicted octanol–water partition coefficient (Wildman–Crippen LogP) is 3.62. The van der Waals surface area contributed by atoms with Gasteiger partial charge in [0.1, 0.15) is 5.01 Å². The van der Waals surface area contributed by atoms with Crippen molar-refractivity contribution in [1.29, 1.82) is 0 Å². The first-order chi connectivity index (χ1) is 8.09. The standard InChI is InChI=1S/C12H15BrO4/c1-9(2)17-12(14)16-8-15-11(13)10-6-4-3-5-7-10/h3-7,9,11H,8H2,1-2H3. The maximum Gasteiger partial charge on any atom is 0.510 e. The maximum absolute atomic E-state index is 11.0. The molecule has 0 saturated heterocycles. The fourth-order valence-electron chi connectivity index (χ4n) is 1.07. The predicted molar refractivity (Wildman–Crippen MR) is 66.8 cm³/mol. The van der Waals surface area contributed by atoms with Crippen LogP contribution in [-0.2, 0) is 14.2 Å². The molecule has 1 aromatic rings. The van der Waals surface area contributed by atoms with Crippen LogP contribution in [0.2, 0.25) is 0 Å². The van der Waals surface area contributed by atoms with E-state index in [-0.39, 0.29) is 17.9 Å². The molecular weight excluding hydrogens is 288 g/mol. The zero-order valence-electron chi connectivity index (χ0n) is 9.76. The highest BCUT2D eigenvalue weighted by Crippen LogP contribution is 2.23. The van der Waals surface area contributed by atoms with Crippen molar-refractivity contribution in [1.82, 2.24) is 0 Å². The highest BCUT2D eigenvalue weighted by atomic mass is 79.9. The van der Waals surface area contributed by atoms with Crippen molar-refractivity contribution in [2.24, 2.45) is 0 Å². The highest BCUT2D eigenvalue weighted by Gasteiger charge is 2.10. The van der Waals surface area contributed by atoms with Crippen molar-refractivity contribution in [2.45, 2.75) is 25.0 Å². The molecule has 1 atom stereocenters. The maximum atomic E-state index is 11.0. The van der Waals surface area contributed by atoms with Gasteiger partial charge in [-0.3, -0.25) is 0 Å². The molecule has 1 aromatic carbocycles. The first kappa shape index (κ1) is 14.0. The Kier molecular flexibility index (Phi) is 6.00. The van der Waals surface area contributed by atoms with Gasteiger partial charge in [0.15, 0.2) is 6.79 Å². The summed E-state index contributed by atoms with van der Waals surface area (Å²) in [5.41, 5.74) is 0.952. The van der Waals surface area contributed by atoms with Gasteiger partial charge in [-0.2, -0.15) is 0 Å². The van der Waals surface area contributed by atoms with Gasteiger partial charge in [0, 0.05) is 0 Å². The molecule has 4 nitrogen and oxygen atoms in total. The zero-order valence-corrected chi connectivity index (χ0v) is 11.3. The number of alkyl halides is 1. The fraction of sp³-hybridized carbons (Fsp3) is 0.417. The normalized spacial score (nSPS) is 12.2. The molecule has 0 fully saturated rings. The number of carbonyl (C=O) groups is 1. The SMILES string of the molecule is CC(C)OC(=O)OCOC(Br)c1ccccc1. The molecule has 0 heterocycles. The second-order valence-electron chi connectivity index (χ2n) is 3.57. The Labute approximate surface area is 109 Å². The molecule has 5 heteroatoms. The monoisotopic (exact) mass is 302 g/mol. The first-order valence-corrected chi connectivity index (χ1v) is 6.15. The third-order valence-electron chi connectivity index (χ3n) is 1.78. The number of halogens is 1. The lowest BCUT2D eigenvalue weighted by atomic mass is 10.2.